The van der Waals surface area contributed by atoms with E-state index in [0.717, 1.165) is 16.0 Å². The second-order valence-corrected chi connectivity index (χ2v) is 6.33. The number of hydrogen-bond donors (Lipinski definition) is 1. The van der Waals surface area contributed by atoms with E-state index in [1.54, 1.807) is 17.4 Å². The second kappa shape index (κ2) is 5.37. The number of nitrogens with two attached hydrogens (primary N) is 1. The highest BCUT2D eigenvalue weighted by Gasteiger charge is 2.23. The van der Waals surface area contributed by atoms with Crippen LogP contribution in [0.5, 0.6) is 0 Å². The fraction of sp³-hybridized carbons (Fsp3) is 0.375. The molecule has 1 fully saturated rings. The Bertz CT molecular complexity index is 644. The Labute approximate surface area is 122 Å². The quantitative estimate of drug-likeness (QED) is 0.675. The number of hydrogen-bond acceptors (Lipinski definition) is 4. The summed E-state index contributed by atoms with van der Waals surface area (Å²) in [6.07, 6.45) is 6.19. The van der Waals surface area contributed by atoms with Crippen LogP contribution in [0.15, 0.2) is 24.4 Å². The van der Waals surface area contributed by atoms with Crippen molar-refractivity contribution in [3.8, 4) is 10.4 Å². The van der Waals surface area contributed by atoms with Gasteiger partial charge in [0, 0.05) is 35.3 Å². The maximum absolute atomic E-state index is 12.1. The van der Waals surface area contributed by atoms with Crippen molar-refractivity contribution in [2.24, 2.45) is 0 Å². The number of aromatic nitrogens is 1. The zero-order valence-electron chi connectivity index (χ0n) is 11.6. The lowest BCUT2D eigenvalue weighted by Gasteiger charge is -2.22. The topological polar surface area (TPSA) is 56.0 Å². The minimum absolute atomic E-state index is 0.130. The van der Waals surface area contributed by atoms with Gasteiger partial charge >= 0.3 is 0 Å². The van der Waals surface area contributed by atoms with Crippen molar-refractivity contribution in [1.29, 1.82) is 0 Å². The largest absolute Gasteiger partial charge is 0.399 e. The summed E-state index contributed by atoms with van der Waals surface area (Å²) in [5.74, 6) is 0.763. The van der Waals surface area contributed by atoms with E-state index in [2.05, 4.69) is 4.98 Å². The molecule has 2 N–H and O–H groups in total. The summed E-state index contributed by atoms with van der Waals surface area (Å²) in [5, 5.41) is 1.21. The van der Waals surface area contributed by atoms with Crippen LogP contribution in [0.1, 0.15) is 53.9 Å². The summed E-state index contributed by atoms with van der Waals surface area (Å²) in [6, 6.07) is 5.57. The maximum Gasteiger partial charge on any atom is 0.163 e. The van der Waals surface area contributed by atoms with Gasteiger partial charge in [-0.05, 0) is 25.0 Å². The average molecular weight is 286 g/mol. The lowest BCUT2D eigenvalue weighted by molar-refractivity contribution is 0.0989. The van der Waals surface area contributed by atoms with Gasteiger partial charge in [-0.3, -0.25) is 4.79 Å². The van der Waals surface area contributed by atoms with Crippen molar-refractivity contribution in [2.75, 3.05) is 5.73 Å². The number of thiazole rings is 1. The summed E-state index contributed by atoms with van der Waals surface area (Å²) < 4.78 is 0. The van der Waals surface area contributed by atoms with Crippen LogP contribution in [0, 0.1) is 0 Å². The molecule has 0 spiro atoms. The Kier molecular flexibility index (Phi) is 3.57. The third-order valence-electron chi connectivity index (χ3n) is 3.91. The number of nitrogens with zero attached hydrogens (tertiary/aromatic N) is 1. The molecule has 0 atom stereocenters. The molecule has 104 valence electrons. The van der Waals surface area contributed by atoms with Crippen molar-refractivity contribution in [3.05, 3.63) is 35.0 Å². The predicted molar refractivity (Wildman–Crippen MR) is 83.2 cm³/mol. The molecule has 1 heterocycles. The first-order valence-electron chi connectivity index (χ1n) is 7.08. The highest BCUT2D eigenvalue weighted by atomic mass is 32.1. The highest BCUT2D eigenvalue weighted by molar-refractivity contribution is 7.15. The molecule has 0 bridgehead atoms. The fourth-order valence-corrected chi connectivity index (χ4v) is 3.58. The summed E-state index contributed by atoms with van der Waals surface area (Å²) >= 11 is 1.71. The number of rotatable bonds is 4. The van der Waals surface area contributed by atoms with Crippen molar-refractivity contribution < 1.29 is 4.79 Å². The Balaban J connectivity index is 2.00. The van der Waals surface area contributed by atoms with Gasteiger partial charge in [0.05, 0.1) is 9.88 Å². The van der Waals surface area contributed by atoms with Crippen molar-refractivity contribution in [2.45, 2.75) is 38.5 Å². The molecule has 1 aromatic carbocycles. The molecule has 3 nitrogen and oxygen atoms in total. The molecule has 1 saturated carbocycles. The molecular weight excluding hydrogens is 268 g/mol. The summed E-state index contributed by atoms with van der Waals surface area (Å²) in [4.78, 5) is 17.7. The van der Waals surface area contributed by atoms with Gasteiger partial charge in [-0.2, -0.15) is 0 Å². The third kappa shape index (κ3) is 2.36. The number of ketones is 1. The van der Waals surface area contributed by atoms with Crippen LogP contribution >= 0.6 is 11.3 Å². The number of nitrogen functional groups attached to an aromatic ring is 1. The van der Waals surface area contributed by atoms with Gasteiger partial charge in [-0.1, -0.05) is 19.4 Å². The van der Waals surface area contributed by atoms with Crippen LogP contribution in [-0.2, 0) is 0 Å². The second-order valence-electron chi connectivity index (χ2n) is 5.27. The number of carbonyl (C=O) groups is 1. The molecule has 0 radical (unpaired) electrons. The minimum atomic E-state index is 0.130. The van der Waals surface area contributed by atoms with E-state index >= 15 is 0 Å². The van der Waals surface area contributed by atoms with Gasteiger partial charge in [-0.25, -0.2) is 4.98 Å². The van der Waals surface area contributed by atoms with Crippen molar-refractivity contribution >= 4 is 22.8 Å². The lowest BCUT2D eigenvalue weighted by Crippen LogP contribution is -2.07. The maximum atomic E-state index is 12.1. The lowest BCUT2D eigenvalue weighted by atomic mass is 9.86. The van der Waals surface area contributed by atoms with Crippen LogP contribution in [-0.4, -0.2) is 10.8 Å². The number of carbonyl (C=O) groups excluding carboxylic acids is 1. The molecule has 0 amide bonds. The first kappa shape index (κ1) is 13.3. The Morgan fingerprint density at radius 2 is 2.25 bits per heavy atom. The first-order chi connectivity index (χ1) is 9.69. The van der Waals surface area contributed by atoms with Gasteiger partial charge < -0.3 is 5.73 Å². The Morgan fingerprint density at radius 3 is 2.90 bits per heavy atom. The predicted octanol–water partition coefficient (Wildman–Crippen LogP) is 4.25. The van der Waals surface area contributed by atoms with Crippen LogP contribution < -0.4 is 5.73 Å². The monoisotopic (exact) mass is 286 g/mol. The van der Waals surface area contributed by atoms with E-state index in [9.17, 15) is 4.79 Å². The smallest absolute Gasteiger partial charge is 0.163 e. The SMILES string of the molecule is CCC(=O)c1cc(N)ccc1-c1cnc(C2CCC2)s1. The Morgan fingerprint density at radius 1 is 1.45 bits per heavy atom. The summed E-state index contributed by atoms with van der Waals surface area (Å²) in [5.41, 5.74) is 8.14. The zero-order chi connectivity index (χ0) is 14.1. The van der Waals surface area contributed by atoms with Crippen molar-refractivity contribution in [1.82, 2.24) is 4.98 Å². The molecule has 3 rings (SSSR count). The van der Waals surface area contributed by atoms with E-state index in [0.29, 0.717) is 18.0 Å². The van der Waals surface area contributed by atoms with Crippen molar-refractivity contribution in [3.63, 3.8) is 0 Å². The summed E-state index contributed by atoms with van der Waals surface area (Å²) in [6.45, 7) is 1.88. The van der Waals surface area contributed by atoms with Crippen LogP contribution in [0.25, 0.3) is 10.4 Å². The molecular formula is C16H18N2OS. The molecule has 1 aromatic heterocycles. The van der Waals surface area contributed by atoms with Gasteiger partial charge in [0.1, 0.15) is 0 Å². The molecule has 0 saturated heterocycles. The molecule has 1 aliphatic carbocycles. The van der Waals surface area contributed by atoms with Crippen LogP contribution in [0.2, 0.25) is 0 Å². The molecule has 0 aliphatic heterocycles. The summed E-state index contributed by atoms with van der Waals surface area (Å²) in [7, 11) is 0. The van der Waals surface area contributed by atoms with E-state index in [-0.39, 0.29) is 5.78 Å². The first-order valence-corrected chi connectivity index (χ1v) is 7.89. The van der Waals surface area contributed by atoms with Crippen LogP contribution in [0.3, 0.4) is 0 Å². The molecule has 0 unspecified atom stereocenters. The Hall–Kier alpha value is -1.68. The van der Waals surface area contributed by atoms with E-state index in [4.69, 9.17) is 5.73 Å². The number of benzene rings is 1. The van der Waals surface area contributed by atoms with Gasteiger partial charge in [0.15, 0.2) is 5.78 Å². The molecule has 4 heteroatoms. The molecule has 2 aromatic rings. The van der Waals surface area contributed by atoms with Crippen LogP contribution in [0.4, 0.5) is 5.69 Å². The number of Topliss-reactive ketones (excluding diaryl/α,β-unsaturated/α-hetero) is 1. The molecule has 1 aliphatic rings. The van der Waals surface area contributed by atoms with Gasteiger partial charge in [-0.15, -0.1) is 11.3 Å². The molecule has 20 heavy (non-hydrogen) atoms. The minimum Gasteiger partial charge on any atom is -0.399 e. The third-order valence-corrected chi connectivity index (χ3v) is 5.10. The zero-order valence-corrected chi connectivity index (χ0v) is 12.4. The average Bonchev–Trinajstić information content (AvgIpc) is 2.84. The standard InChI is InChI=1S/C16H18N2OS/c1-2-14(19)13-8-11(17)6-7-12(13)15-9-18-16(20-15)10-4-3-5-10/h6-10H,2-5,17H2,1H3. The number of anilines is 1. The fourth-order valence-electron chi connectivity index (χ4n) is 2.45. The van der Waals surface area contributed by atoms with Gasteiger partial charge in [0.2, 0.25) is 0 Å². The van der Waals surface area contributed by atoms with Gasteiger partial charge in [0.25, 0.3) is 0 Å². The highest BCUT2D eigenvalue weighted by Crippen LogP contribution is 2.41. The van der Waals surface area contributed by atoms with E-state index < -0.39 is 0 Å². The van der Waals surface area contributed by atoms with E-state index in [1.165, 1.54) is 24.3 Å². The normalized spacial score (nSPS) is 15.1. The van der Waals surface area contributed by atoms with E-state index in [1.807, 2.05) is 25.3 Å².